The predicted molar refractivity (Wildman–Crippen MR) is 62.9 cm³/mol. The van der Waals surface area contributed by atoms with Crippen LogP contribution in [-0.4, -0.2) is 24.3 Å². The number of ether oxygens (including phenoxy) is 1. The Morgan fingerprint density at radius 3 is 2.75 bits per heavy atom. The topological polar surface area (TPSA) is 46.5 Å². The van der Waals surface area contributed by atoms with Gasteiger partial charge >= 0.3 is 5.97 Å². The van der Waals surface area contributed by atoms with E-state index in [1.54, 1.807) is 31.4 Å². The quantitative estimate of drug-likeness (QED) is 0.864. The molecule has 88 valence electrons. The zero-order valence-corrected chi connectivity index (χ0v) is 10.1. The van der Waals surface area contributed by atoms with Crippen LogP contribution in [-0.2, 0) is 9.53 Å². The van der Waals surface area contributed by atoms with Gasteiger partial charge in [-0.3, -0.25) is 4.79 Å². The number of carboxylic acid groups (broad SMARTS) is 1. The third-order valence-electron chi connectivity index (χ3n) is 2.52. The lowest BCUT2D eigenvalue weighted by Crippen LogP contribution is -2.18. The van der Waals surface area contributed by atoms with Crippen molar-refractivity contribution in [2.75, 3.05) is 7.11 Å². The Bertz CT molecular complexity index is 365. The van der Waals surface area contributed by atoms with Crippen LogP contribution in [0.2, 0.25) is 5.02 Å². The first-order valence-electron chi connectivity index (χ1n) is 5.05. The Kier molecular flexibility index (Phi) is 4.77. The van der Waals surface area contributed by atoms with E-state index in [9.17, 15) is 4.79 Å². The van der Waals surface area contributed by atoms with Gasteiger partial charge < -0.3 is 9.84 Å². The second-order valence-corrected chi connectivity index (χ2v) is 4.16. The number of aliphatic carboxylic acids is 1. The van der Waals surface area contributed by atoms with E-state index in [-0.39, 0.29) is 6.10 Å². The summed E-state index contributed by atoms with van der Waals surface area (Å²) in [6.45, 7) is 1.85. The number of hydrogen-bond donors (Lipinski definition) is 1. The van der Waals surface area contributed by atoms with E-state index in [2.05, 4.69) is 0 Å². The maximum atomic E-state index is 11.2. The molecule has 0 saturated heterocycles. The highest BCUT2D eigenvalue weighted by atomic mass is 35.5. The molecule has 0 aliphatic heterocycles. The Morgan fingerprint density at radius 2 is 2.25 bits per heavy atom. The molecule has 0 aromatic heterocycles. The Labute approximate surface area is 100.0 Å². The molecule has 3 nitrogen and oxygen atoms in total. The molecule has 0 radical (unpaired) electrons. The smallest absolute Gasteiger partial charge is 0.311 e. The van der Waals surface area contributed by atoms with E-state index < -0.39 is 11.9 Å². The van der Waals surface area contributed by atoms with Crippen LogP contribution >= 0.6 is 11.6 Å². The van der Waals surface area contributed by atoms with Gasteiger partial charge in [-0.15, -0.1) is 0 Å². The van der Waals surface area contributed by atoms with Crippen LogP contribution in [0.1, 0.15) is 24.8 Å². The minimum Gasteiger partial charge on any atom is -0.481 e. The lowest BCUT2D eigenvalue weighted by Gasteiger charge is -2.17. The highest BCUT2D eigenvalue weighted by Crippen LogP contribution is 2.24. The first-order chi connectivity index (χ1) is 7.54. The van der Waals surface area contributed by atoms with Crippen LogP contribution in [0, 0.1) is 0 Å². The van der Waals surface area contributed by atoms with Crippen molar-refractivity contribution in [3.05, 3.63) is 34.9 Å². The third kappa shape index (κ3) is 3.51. The van der Waals surface area contributed by atoms with Gasteiger partial charge in [0.25, 0.3) is 0 Å². The fraction of sp³-hybridized carbons (Fsp3) is 0.417. The number of benzene rings is 1. The Balaban J connectivity index is 2.89. The van der Waals surface area contributed by atoms with Gasteiger partial charge in [-0.1, -0.05) is 23.7 Å². The number of carbonyl (C=O) groups is 1. The molecule has 0 saturated carbocycles. The second-order valence-electron chi connectivity index (χ2n) is 3.73. The number of methoxy groups -OCH3 is 1. The van der Waals surface area contributed by atoms with Crippen molar-refractivity contribution in [3.8, 4) is 0 Å². The predicted octanol–water partition coefficient (Wildman–Crippen LogP) is 2.93. The fourth-order valence-corrected chi connectivity index (χ4v) is 1.73. The van der Waals surface area contributed by atoms with Crippen molar-refractivity contribution in [1.29, 1.82) is 0 Å². The first kappa shape index (κ1) is 13.0. The van der Waals surface area contributed by atoms with E-state index in [1.165, 1.54) is 0 Å². The average Bonchev–Trinajstić information content (AvgIpc) is 2.25. The number of rotatable bonds is 5. The van der Waals surface area contributed by atoms with Crippen LogP contribution in [0.3, 0.4) is 0 Å². The molecule has 0 amide bonds. The van der Waals surface area contributed by atoms with Gasteiger partial charge in [0.2, 0.25) is 0 Å². The maximum absolute atomic E-state index is 11.2. The van der Waals surface area contributed by atoms with E-state index in [4.69, 9.17) is 21.4 Å². The molecule has 0 heterocycles. The number of halogens is 1. The summed E-state index contributed by atoms with van der Waals surface area (Å²) < 4.78 is 5.09. The molecule has 16 heavy (non-hydrogen) atoms. The molecule has 1 rings (SSSR count). The summed E-state index contributed by atoms with van der Waals surface area (Å²) in [4.78, 5) is 11.2. The summed E-state index contributed by atoms with van der Waals surface area (Å²) >= 11 is 5.84. The zero-order valence-electron chi connectivity index (χ0n) is 9.31. The molecular formula is C12H15ClO3. The summed E-state index contributed by atoms with van der Waals surface area (Å²) in [5.41, 5.74) is 0.712. The lowest BCUT2D eigenvalue weighted by atomic mass is 9.93. The largest absolute Gasteiger partial charge is 0.481 e. The molecule has 0 aliphatic rings. The van der Waals surface area contributed by atoms with Gasteiger partial charge in [0.05, 0.1) is 12.0 Å². The minimum atomic E-state index is -0.855. The summed E-state index contributed by atoms with van der Waals surface area (Å²) in [7, 11) is 1.57. The molecule has 0 bridgehead atoms. The molecule has 2 atom stereocenters. The molecule has 1 N–H and O–H groups in total. The third-order valence-corrected chi connectivity index (χ3v) is 2.75. The molecule has 2 unspecified atom stereocenters. The monoisotopic (exact) mass is 242 g/mol. The first-order valence-corrected chi connectivity index (χ1v) is 5.43. The molecule has 0 spiro atoms. The minimum absolute atomic E-state index is 0.0971. The van der Waals surface area contributed by atoms with Gasteiger partial charge in [0.15, 0.2) is 0 Å². The normalized spacial score (nSPS) is 14.4. The van der Waals surface area contributed by atoms with E-state index in [0.29, 0.717) is 17.0 Å². The van der Waals surface area contributed by atoms with E-state index in [0.717, 1.165) is 0 Å². The summed E-state index contributed by atoms with van der Waals surface area (Å²) in [6, 6.07) is 6.94. The number of hydrogen-bond acceptors (Lipinski definition) is 2. The van der Waals surface area contributed by atoms with Crippen molar-refractivity contribution in [3.63, 3.8) is 0 Å². The van der Waals surface area contributed by atoms with Crippen molar-refractivity contribution < 1.29 is 14.6 Å². The van der Waals surface area contributed by atoms with Gasteiger partial charge in [0.1, 0.15) is 0 Å². The maximum Gasteiger partial charge on any atom is 0.311 e. The second kappa shape index (κ2) is 5.87. The fourth-order valence-electron chi connectivity index (χ4n) is 1.53. The summed E-state index contributed by atoms with van der Waals surface area (Å²) in [5, 5.41) is 9.71. The van der Waals surface area contributed by atoms with Gasteiger partial charge in [-0.05, 0) is 31.0 Å². The van der Waals surface area contributed by atoms with E-state index in [1.807, 2.05) is 6.92 Å². The summed E-state index contributed by atoms with van der Waals surface area (Å²) in [5.74, 6) is -1.43. The molecule has 0 aliphatic carbocycles. The average molecular weight is 243 g/mol. The van der Waals surface area contributed by atoms with Crippen LogP contribution < -0.4 is 0 Å². The highest BCUT2D eigenvalue weighted by molar-refractivity contribution is 6.30. The zero-order chi connectivity index (χ0) is 12.1. The Hall–Kier alpha value is -1.06. The standard InChI is InChI=1S/C12H15ClO3/c1-8(16-2)6-11(12(14)15)9-4-3-5-10(13)7-9/h3-5,7-8,11H,6H2,1-2H3,(H,14,15). The van der Waals surface area contributed by atoms with Crippen LogP contribution in [0.5, 0.6) is 0 Å². The van der Waals surface area contributed by atoms with Crippen molar-refractivity contribution in [2.45, 2.75) is 25.4 Å². The molecular weight excluding hydrogens is 228 g/mol. The van der Waals surface area contributed by atoms with Crippen LogP contribution in [0.15, 0.2) is 24.3 Å². The molecule has 4 heteroatoms. The summed E-state index contributed by atoms with van der Waals surface area (Å²) in [6.07, 6.45) is 0.340. The molecule has 1 aromatic carbocycles. The van der Waals surface area contributed by atoms with Gasteiger partial charge in [0, 0.05) is 12.1 Å². The van der Waals surface area contributed by atoms with Gasteiger partial charge in [-0.25, -0.2) is 0 Å². The van der Waals surface area contributed by atoms with Crippen molar-refractivity contribution in [2.24, 2.45) is 0 Å². The van der Waals surface area contributed by atoms with Crippen molar-refractivity contribution >= 4 is 17.6 Å². The SMILES string of the molecule is COC(C)CC(C(=O)O)c1cccc(Cl)c1. The number of carboxylic acids is 1. The van der Waals surface area contributed by atoms with Crippen LogP contribution in [0.4, 0.5) is 0 Å². The van der Waals surface area contributed by atoms with E-state index >= 15 is 0 Å². The molecule has 0 fully saturated rings. The Morgan fingerprint density at radius 1 is 1.56 bits per heavy atom. The molecule has 1 aromatic rings. The lowest BCUT2D eigenvalue weighted by molar-refractivity contribution is -0.139. The highest BCUT2D eigenvalue weighted by Gasteiger charge is 2.22. The van der Waals surface area contributed by atoms with Crippen LogP contribution in [0.25, 0.3) is 0 Å². The van der Waals surface area contributed by atoms with Crippen molar-refractivity contribution in [1.82, 2.24) is 0 Å². The van der Waals surface area contributed by atoms with Gasteiger partial charge in [-0.2, -0.15) is 0 Å².